The van der Waals surface area contributed by atoms with Crippen LogP contribution in [-0.2, 0) is 4.79 Å². The van der Waals surface area contributed by atoms with Gasteiger partial charge in [0.1, 0.15) is 17.6 Å². The smallest absolute Gasteiger partial charge is 0.135 e. The monoisotopic (exact) mass is 320 g/mol. The second kappa shape index (κ2) is 4.68. The Kier molecular flexibility index (Phi) is 3.22. The molecule has 0 aromatic rings. The first-order valence-electron chi connectivity index (χ1n) is 9.28. The summed E-state index contributed by atoms with van der Waals surface area (Å²) in [5.41, 5.74) is -0.183. The molecule has 3 heteroatoms. The highest BCUT2D eigenvalue weighted by Crippen LogP contribution is 2.67. The van der Waals surface area contributed by atoms with Crippen molar-refractivity contribution in [1.29, 1.82) is 0 Å². The number of Topliss-reactive ketones (excluding diaryl/α,β-unsaturated/α-hetero) is 1. The largest absolute Gasteiger partial charge is 0.386 e. The predicted molar refractivity (Wildman–Crippen MR) is 87.6 cm³/mol. The first-order valence-corrected chi connectivity index (χ1v) is 9.28. The van der Waals surface area contributed by atoms with Gasteiger partial charge in [0.2, 0.25) is 0 Å². The summed E-state index contributed by atoms with van der Waals surface area (Å²) < 4.78 is 15.2. The molecule has 3 saturated carbocycles. The molecule has 7 atom stereocenters. The molecule has 1 N–H and O–H groups in total. The highest BCUT2D eigenvalue weighted by atomic mass is 19.1. The highest BCUT2D eigenvalue weighted by Gasteiger charge is 2.67. The Labute approximate surface area is 138 Å². The van der Waals surface area contributed by atoms with Crippen molar-refractivity contribution in [3.63, 3.8) is 0 Å². The van der Waals surface area contributed by atoms with E-state index in [-0.39, 0.29) is 17.6 Å². The summed E-state index contributed by atoms with van der Waals surface area (Å²) in [5, 5.41) is 11.2. The molecule has 3 fully saturated rings. The number of halogens is 1. The molecular formula is C20H29FO2. The fourth-order valence-corrected chi connectivity index (χ4v) is 6.80. The molecule has 0 radical (unpaired) electrons. The maximum atomic E-state index is 15.2. The third-order valence-electron chi connectivity index (χ3n) is 8.60. The molecule has 0 bridgehead atoms. The Bertz CT molecular complexity index is 584. The number of alkyl halides is 1. The molecule has 2 nitrogen and oxygen atoms in total. The van der Waals surface area contributed by atoms with Gasteiger partial charge in [-0.3, -0.25) is 4.79 Å². The van der Waals surface area contributed by atoms with E-state index in [1.165, 1.54) is 5.57 Å². The average Bonchev–Trinajstić information content (AvgIpc) is 2.79. The van der Waals surface area contributed by atoms with E-state index >= 15 is 4.39 Å². The maximum Gasteiger partial charge on any atom is 0.135 e. The number of aliphatic hydroxyl groups is 1. The van der Waals surface area contributed by atoms with Crippen LogP contribution in [0.25, 0.3) is 0 Å². The van der Waals surface area contributed by atoms with Gasteiger partial charge in [-0.25, -0.2) is 4.39 Å². The van der Waals surface area contributed by atoms with Crippen LogP contribution in [0.4, 0.5) is 4.39 Å². The fraction of sp³-hybridized carbons (Fsp3) is 0.850. The minimum absolute atomic E-state index is 0.0209. The summed E-state index contributed by atoms with van der Waals surface area (Å²) in [5.74, 6) is 1.24. The zero-order valence-corrected chi connectivity index (χ0v) is 14.6. The van der Waals surface area contributed by atoms with Gasteiger partial charge >= 0.3 is 0 Å². The van der Waals surface area contributed by atoms with E-state index in [9.17, 15) is 9.90 Å². The van der Waals surface area contributed by atoms with E-state index in [4.69, 9.17) is 0 Å². The number of carbonyl (C=O) groups is 1. The third-order valence-corrected chi connectivity index (χ3v) is 8.60. The molecule has 23 heavy (non-hydrogen) atoms. The topological polar surface area (TPSA) is 37.3 Å². The van der Waals surface area contributed by atoms with Crippen molar-refractivity contribution in [2.24, 2.45) is 28.6 Å². The van der Waals surface area contributed by atoms with E-state index < -0.39 is 17.2 Å². The van der Waals surface area contributed by atoms with Crippen molar-refractivity contribution in [1.82, 2.24) is 0 Å². The Morgan fingerprint density at radius 1 is 1.26 bits per heavy atom. The maximum absolute atomic E-state index is 15.2. The summed E-state index contributed by atoms with van der Waals surface area (Å²) in [6.07, 6.45) is 5.96. The number of ketones is 1. The minimum Gasteiger partial charge on any atom is -0.386 e. The van der Waals surface area contributed by atoms with Gasteiger partial charge in [0.05, 0.1) is 0 Å². The minimum atomic E-state index is -1.43. The number of carbonyl (C=O) groups excluding carboxylic acids is 1. The van der Waals surface area contributed by atoms with Gasteiger partial charge in [-0.05, 0) is 62.2 Å². The quantitative estimate of drug-likeness (QED) is 0.679. The Hall–Kier alpha value is -0.700. The van der Waals surface area contributed by atoms with E-state index in [0.29, 0.717) is 37.0 Å². The van der Waals surface area contributed by atoms with Gasteiger partial charge in [-0.1, -0.05) is 25.5 Å². The summed E-state index contributed by atoms with van der Waals surface area (Å²) in [4.78, 5) is 11.9. The van der Waals surface area contributed by atoms with Gasteiger partial charge in [-0.2, -0.15) is 0 Å². The summed E-state index contributed by atoms with van der Waals surface area (Å²) >= 11 is 0. The van der Waals surface area contributed by atoms with E-state index in [0.717, 1.165) is 19.3 Å². The summed E-state index contributed by atoms with van der Waals surface area (Å²) in [6, 6.07) is 0. The molecule has 4 aliphatic carbocycles. The van der Waals surface area contributed by atoms with Crippen molar-refractivity contribution in [2.75, 3.05) is 0 Å². The van der Waals surface area contributed by atoms with Crippen LogP contribution < -0.4 is 0 Å². The number of allylic oxidation sites excluding steroid dienone is 2. The first-order chi connectivity index (χ1) is 10.7. The molecule has 4 rings (SSSR count). The Morgan fingerprint density at radius 3 is 2.74 bits per heavy atom. The normalized spacial score (nSPS) is 55.7. The van der Waals surface area contributed by atoms with Crippen molar-refractivity contribution in [3.8, 4) is 0 Å². The van der Waals surface area contributed by atoms with Gasteiger partial charge < -0.3 is 5.11 Å². The lowest BCUT2D eigenvalue weighted by Gasteiger charge is -2.63. The molecule has 128 valence electrons. The first kappa shape index (κ1) is 15.8. The van der Waals surface area contributed by atoms with Crippen molar-refractivity contribution < 1.29 is 14.3 Å². The molecule has 0 saturated heterocycles. The van der Waals surface area contributed by atoms with E-state index in [1.54, 1.807) is 0 Å². The number of hydrogen-bond acceptors (Lipinski definition) is 2. The van der Waals surface area contributed by atoms with Crippen LogP contribution in [0.1, 0.15) is 65.7 Å². The standard InChI is InChI=1S/C20H29FO2/c1-12-4-5-15-14-10-17(21)20(23)11-13(22)6-9-19(20,3)16(14)7-8-18(12,15)2/h4,14-17,23H,5-11H2,1-3H3. The average molecular weight is 320 g/mol. The second-order valence-electron chi connectivity index (χ2n) is 9.22. The molecule has 4 aliphatic rings. The zero-order chi connectivity index (χ0) is 16.6. The molecule has 7 unspecified atom stereocenters. The predicted octanol–water partition coefficient (Wildman–Crippen LogP) is 4.22. The Morgan fingerprint density at radius 2 is 2.00 bits per heavy atom. The fourth-order valence-electron chi connectivity index (χ4n) is 6.80. The molecule has 0 spiro atoms. The molecular weight excluding hydrogens is 291 g/mol. The van der Waals surface area contributed by atoms with Gasteiger partial charge in [0.15, 0.2) is 0 Å². The SMILES string of the molecule is CC1=CCC2C3CC(F)C4(O)CC(=O)CCC4(C)C3CCC12C. The molecule has 0 amide bonds. The third kappa shape index (κ3) is 1.80. The second-order valence-corrected chi connectivity index (χ2v) is 9.22. The number of hydrogen-bond donors (Lipinski definition) is 1. The molecule has 0 aliphatic heterocycles. The van der Waals surface area contributed by atoms with Crippen molar-refractivity contribution in [2.45, 2.75) is 77.5 Å². The number of fused-ring (bicyclic) bond motifs is 5. The summed E-state index contributed by atoms with van der Waals surface area (Å²) in [6.45, 7) is 6.65. The molecule has 0 heterocycles. The van der Waals surface area contributed by atoms with Crippen LogP contribution in [0, 0.1) is 28.6 Å². The lowest BCUT2D eigenvalue weighted by Crippen LogP contribution is -2.67. The van der Waals surface area contributed by atoms with Crippen LogP contribution in [0.3, 0.4) is 0 Å². The molecule has 0 aromatic carbocycles. The van der Waals surface area contributed by atoms with Gasteiger partial charge in [-0.15, -0.1) is 0 Å². The van der Waals surface area contributed by atoms with E-state index in [1.807, 2.05) is 0 Å². The van der Waals surface area contributed by atoms with Crippen molar-refractivity contribution >= 4 is 5.78 Å². The zero-order valence-electron chi connectivity index (χ0n) is 14.6. The van der Waals surface area contributed by atoms with Crippen LogP contribution in [0.5, 0.6) is 0 Å². The Balaban J connectivity index is 1.73. The van der Waals surface area contributed by atoms with Crippen LogP contribution >= 0.6 is 0 Å². The van der Waals surface area contributed by atoms with Gasteiger partial charge in [0, 0.05) is 18.3 Å². The lowest BCUT2D eigenvalue weighted by molar-refractivity contribution is -0.230. The van der Waals surface area contributed by atoms with Crippen LogP contribution in [-0.4, -0.2) is 22.7 Å². The van der Waals surface area contributed by atoms with Crippen LogP contribution in [0.15, 0.2) is 11.6 Å². The van der Waals surface area contributed by atoms with E-state index in [2.05, 4.69) is 26.8 Å². The number of rotatable bonds is 0. The van der Waals surface area contributed by atoms with Crippen molar-refractivity contribution in [3.05, 3.63) is 11.6 Å². The highest BCUT2D eigenvalue weighted by molar-refractivity contribution is 5.81. The molecule has 0 aromatic heterocycles. The lowest BCUT2D eigenvalue weighted by atomic mass is 9.43. The van der Waals surface area contributed by atoms with Gasteiger partial charge in [0.25, 0.3) is 0 Å². The van der Waals surface area contributed by atoms with Crippen LogP contribution in [0.2, 0.25) is 0 Å². The summed E-state index contributed by atoms with van der Waals surface area (Å²) in [7, 11) is 0.